The van der Waals surface area contributed by atoms with Crippen molar-refractivity contribution in [2.75, 3.05) is 6.61 Å². The van der Waals surface area contributed by atoms with Crippen molar-refractivity contribution in [1.29, 1.82) is 0 Å². The third kappa shape index (κ3) is 4.10. The fourth-order valence-electron chi connectivity index (χ4n) is 2.08. The lowest BCUT2D eigenvalue weighted by atomic mass is 10.1. The van der Waals surface area contributed by atoms with Gasteiger partial charge in [-0.2, -0.15) is 0 Å². The highest BCUT2D eigenvalue weighted by atomic mass is 16.3. The van der Waals surface area contributed by atoms with Crippen LogP contribution in [0.1, 0.15) is 51.9 Å². The van der Waals surface area contributed by atoms with E-state index >= 15 is 0 Å². The molecule has 0 saturated heterocycles. The molecule has 1 atom stereocenters. The summed E-state index contributed by atoms with van der Waals surface area (Å²) < 4.78 is 0. The minimum Gasteiger partial charge on any atom is -0.395 e. The van der Waals surface area contributed by atoms with Gasteiger partial charge in [0.25, 0.3) is 0 Å². The molecule has 1 rings (SSSR count). The highest BCUT2D eigenvalue weighted by Gasteiger charge is 2.14. The summed E-state index contributed by atoms with van der Waals surface area (Å²) >= 11 is 0. The van der Waals surface area contributed by atoms with Gasteiger partial charge >= 0.3 is 0 Å². The zero-order chi connectivity index (χ0) is 9.52. The highest BCUT2D eigenvalue weighted by Crippen LogP contribution is 2.17. The largest absolute Gasteiger partial charge is 0.395 e. The summed E-state index contributed by atoms with van der Waals surface area (Å²) in [6.07, 6.45) is 9.15. The van der Waals surface area contributed by atoms with Crippen molar-refractivity contribution in [3.05, 3.63) is 0 Å². The highest BCUT2D eigenvalue weighted by molar-refractivity contribution is 4.75. The molecule has 0 aliphatic heterocycles. The fourth-order valence-corrected chi connectivity index (χ4v) is 2.08. The Morgan fingerprint density at radius 1 is 1.23 bits per heavy atom. The van der Waals surface area contributed by atoms with Crippen LogP contribution in [0, 0.1) is 0 Å². The molecule has 2 heteroatoms. The first kappa shape index (κ1) is 11.0. The van der Waals surface area contributed by atoms with Gasteiger partial charge in [-0.15, -0.1) is 0 Å². The molecule has 0 aromatic heterocycles. The molecular formula is C11H23NO. The van der Waals surface area contributed by atoms with E-state index in [2.05, 4.69) is 12.2 Å². The first-order chi connectivity index (χ1) is 6.36. The van der Waals surface area contributed by atoms with Crippen LogP contribution in [0.4, 0.5) is 0 Å². The first-order valence-corrected chi connectivity index (χ1v) is 5.73. The summed E-state index contributed by atoms with van der Waals surface area (Å²) in [4.78, 5) is 0. The predicted octanol–water partition coefficient (Wildman–Crippen LogP) is 2.07. The molecule has 0 amide bonds. The van der Waals surface area contributed by atoms with Gasteiger partial charge in [0.05, 0.1) is 6.61 Å². The minimum atomic E-state index is 0.285. The molecule has 2 N–H and O–H groups in total. The van der Waals surface area contributed by atoms with Crippen molar-refractivity contribution < 1.29 is 5.11 Å². The average molecular weight is 185 g/mol. The Balaban J connectivity index is 2.24. The lowest BCUT2D eigenvalue weighted by molar-refractivity contribution is 0.223. The second-order valence-corrected chi connectivity index (χ2v) is 4.14. The predicted molar refractivity (Wildman–Crippen MR) is 55.8 cm³/mol. The van der Waals surface area contributed by atoms with Gasteiger partial charge in [0.15, 0.2) is 0 Å². The third-order valence-electron chi connectivity index (χ3n) is 3.04. The zero-order valence-corrected chi connectivity index (χ0v) is 8.76. The molecule has 13 heavy (non-hydrogen) atoms. The van der Waals surface area contributed by atoms with E-state index in [9.17, 15) is 0 Å². The van der Waals surface area contributed by atoms with Gasteiger partial charge < -0.3 is 10.4 Å². The van der Waals surface area contributed by atoms with Crippen LogP contribution < -0.4 is 5.32 Å². The molecule has 1 aliphatic rings. The van der Waals surface area contributed by atoms with Crippen LogP contribution >= 0.6 is 0 Å². The third-order valence-corrected chi connectivity index (χ3v) is 3.04. The van der Waals surface area contributed by atoms with Gasteiger partial charge in [0.1, 0.15) is 0 Å². The summed E-state index contributed by atoms with van der Waals surface area (Å²) in [6, 6.07) is 0.989. The molecule has 1 fully saturated rings. The summed E-state index contributed by atoms with van der Waals surface area (Å²) in [7, 11) is 0. The molecule has 78 valence electrons. The number of nitrogens with one attached hydrogen (secondary N) is 1. The van der Waals surface area contributed by atoms with E-state index in [-0.39, 0.29) is 6.61 Å². The van der Waals surface area contributed by atoms with Crippen molar-refractivity contribution >= 4 is 0 Å². The topological polar surface area (TPSA) is 32.3 Å². The van der Waals surface area contributed by atoms with E-state index < -0.39 is 0 Å². The quantitative estimate of drug-likeness (QED) is 0.657. The molecule has 0 spiro atoms. The van der Waals surface area contributed by atoms with Gasteiger partial charge in [-0.1, -0.05) is 32.6 Å². The van der Waals surface area contributed by atoms with E-state index in [0.717, 1.165) is 6.42 Å². The molecular weight excluding hydrogens is 162 g/mol. The number of hydrogen-bond acceptors (Lipinski definition) is 2. The van der Waals surface area contributed by atoms with Crippen LogP contribution in [0.25, 0.3) is 0 Å². The second kappa shape index (κ2) is 6.39. The standard InChI is InChI=1S/C11H23NO/c1-2-10(9-13)12-11-7-5-3-4-6-8-11/h10-13H,2-9H2,1H3/t10-/m1/s1. The Bertz CT molecular complexity index is 115. The van der Waals surface area contributed by atoms with Gasteiger partial charge in [0, 0.05) is 12.1 Å². The zero-order valence-electron chi connectivity index (χ0n) is 8.76. The number of aliphatic hydroxyl groups excluding tert-OH is 1. The monoisotopic (exact) mass is 185 g/mol. The number of hydrogen-bond donors (Lipinski definition) is 2. The van der Waals surface area contributed by atoms with Crippen LogP contribution in [0.5, 0.6) is 0 Å². The maximum absolute atomic E-state index is 9.06. The smallest absolute Gasteiger partial charge is 0.0584 e. The normalized spacial score (nSPS) is 22.6. The number of rotatable bonds is 4. The van der Waals surface area contributed by atoms with Gasteiger partial charge in [-0.05, 0) is 19.3 Å². The van der Waals surface area contributed by atoms with Crippen LogP contribution in [-0.4, -0.2) is 23.8 Å². The molecule has 0 unspecified atom stereocenters. The molecule has 0 bridgehead atoms. The van der Waals surface area contributed by atoms with E-state index in [0.29, 0.717) is 12.1 Å². The van der Waals surface area contributed by atoms with Gasteiger partial charge in [-0.3, -0.25) is 0 Å². The Kier molecular flexibility index (Phi) is 5.40. The maximum atomic E-state index is 9.06. The van der Waals surface area contributed by atoms with E-state index in [1.54, 1.807) is 0 Å². The summed E-state index contributed by atoms with van der Waals surface area (Å²) in [5.74, 6) is 0. The van der Waals surface area contributed by atoms with E-state index in [1.807, 2.05) is 0 Å². The van der Waals surface area contributed by atoms with Crippen LogP contribution in [0.15, 0.2) is 0 Å². The van der Waals surface area contributed by atoms with Crippen molar-refractivity contribution in [3.8, 4) is 0 Å². The molecule has 0 heterocycles. The van der Waals surface area contributed by atoms with Crippen molar-refractivity contribution in [1.82, 2.24) is 5.32 Å². The summed E-state index contributed by atoms with van der Waals surface area (Å²) in [5, 5.41) is 12.6. The summed E-state index contributed by atoms with van der Waals surface area (Å²) in [5.41, 5.74) is 0. The lowest BCUT2D eigenvalue weighted by Gasteiger charge is -2.22. The molecule has 1 aliphatic carbocycles. The van der Waals surface area contributed by atoms with Crippen LogP contribution in [-0.2, 0) is 0 Å². The molecule has 0 radical (unpaired) electrons. The Morgan fingerprint density at radius 3 is 2.31 bits per heavy atom. The van der Waals surface area contributed by atoms with Crippen molar-refractivity contribution in [2.45, 2.75) is 64.0 Å². The minimum absolute atomic E-state index is 0.285. The molecule has 2 nitrogen and oxygen atoms in total. The second-order valence-electron chi connectivity index (χ2n) is 4.14. The van der Waals surface area contributed by atoms with Crippen molar-refractivity contribution in [3.63, 3.8) is 0 Å². The number of aliphatic hydroxyl groups is 1. The van der Waals surface area contributed by atoms with Crippen molar-refractivity contribution in [2.24, 2.45) is 0 Å². The Labute approximate surface area is 81.7 Å². The van der Waals surface area contributed by atoms with E-state index in [1.165, 1.54) is 38.5 Å². The first-order valence-electron chi connectivity index (χ1n) is 5.73. The van der Waals surface area contributed by atoms with Gasteiger partial charge in [-0.25, -0.2) is 0 Å². The van der Waals surface area contributed by atoms with Crippen LogP contribution in [0.2, 0.25) is 0 Å². The van der Waals surface area contributed by atoms with E-state index in [4.69, 9.17) is 5.11 Å². The maximum Gasteiger partial charge on any atom is 0.0584 e. The van der Waals surface area contributed by atoms with Crippen LogP contribution in [0.3, 0.4) is 0 Å². The Hall–Kier alpha value is -0.0800. The average Bonchev–Trinajstić information content (AvgIpc) is 2.42. The van der Waals surface area contributed by atoms with Gasteiger partial charge in [0.2, 0.25) is 0 Å². The Morgan fingerprint density at radius 2 is 1.85 bits per heavy atom. The molecule has 1 saturated carbocycles. The molecule has 0 aromatic carbocycles. The SMILES string of the molecule is CC[C@H](CO)NC1CCCCCC1. The summed E-state index contributed by atoms with van der Waals surface area (Å²) in [6.45, 7) is 2.41. The fraction of sp³-hybridized carbons (Fsp3) is 1.00. The molecule has 0 aromatic rings. The lowest BCUT2D eigenvalue weighted by Crippen LogP contribution is -2.39.